The molecule has 1 N–H and O–H groups in total. The fraction of sp³-hybridized carbons (Fsp3) is 0.400. The molecule has 7 heteroatoms. The molecule has 118 valence electrons. The van der Waals surface area contributed by atoms with Crippen molar-refractivity contribution in [2.24, 2.45) is 0 Å². The Morgan fingerprint density at radius 3 is 2.86 bits per heavy atom. The number of urea groups is 1. The highest BCUT2D eigenvalue weighted by molar-refractivity contribution is 7.09. The molecule has 0 radical (unpaired) electrons. The van der Waals surface area contributed by atoms with E-state index in [-0.39, 0.29) is 11.9 Å². The van der Waals surface area contributed by atoms with Gasteiger partial charge in [-0.05, 0) is 13.0 Å². The number of hydrogen-bond acceptors (Lipinski definition) is 5. The molecule has 1 atom stereocenters. The number of aromatic nitrogens is 2. The molecule has 2 rings (SSSR count). The van der Waals surface area contributed by atoms with E-state index < -0.39 is 0 Å². The normalized spacial score (nSPS) is 11.8. The number of nitrogens with zero attached hydrogens (tertiary/aromatic N) is 3. The monoisotopic (exact) mass is 320 g/mol. The molecule has 2 amide bonds. The minimum absolute atomic E-state index is 0.172. The largest absolute Gasteiger partial charge is 0.478 e. The van der Waals surface area contributed by atoms with Gasteiger partial charge in [0.2, 0.25) is 5.88 Å². The maximum Gasteiger partial charge on any atom is 0.321 e. The first-order valence-corrected chi connectivity index (χ1v) is 7.98. The zero-order chi connectivity index (χ0) is 15.9. The number of carbonyl (C=O) groups excluding carboxylic acids is 1. The van der Waals surface area contributed by atoms with E-state index in [1.54, 1.807) is 47.8 Å². The summed E-state index contributed by atoms with van der Waals surface area (Å²) in [6.45, 7) is 5.12. The van der Waals surface area contributed by atoms with Crippen LogP contribution in [0.4, 0.5) is 10.5 Å². The molecule has 2 heterocycles. The number of rotatable bonds is 6. The number of carbonyl (C=O) groups is 1. The molecule has 0 fully saturated rings. The van der Waals surface area contributed by atoms with Gasteiger partial charge in [0, 0.05) is 37.2 Å². The van der Waals surface area contributed by atoms with Gasteiger partial charge in [-0.3, -0.25) is 0 Å². The molecule has 0 aliphatic heterocycles. The van der Waals surface area contributed by atoms with E-state index in [1.807, 2.05) is 12.3 Å². The molecule has 0 aliphatic carbocycles. The summed E-state index contributed by atoms with van der Waals surface area (Å²) in [5.41, 5.74) is 0.641. The van der Waals surface area contributed by atoms with Crippen molar-refractivity contribution in [2.45, 2.75) is 19.8 Å². The van der Waals surface area contributed by atoms with Gasteiger partial charge < -0.3 is 15.0 Å². The van der Waals surface area contributed by atoms with Crippen molar-refractivity contribution < 1.29 is 9.53 Å². The highest BCUT2D eigenvalue weighted by Crippen LogP contribution is 2.19. The van der Waals surface area contributed by atoms with E-state index in [0.29, 0.717) is 24.7 Å². The van der Waals surface area contributed by atoms with Crippen LogP contribution in [-0.4, -0.2) is 41.1 Å². The second-order valence-corrected chi connectivity index (χ2v) is 5.83. The van der Waals surface area contributed by atoms with Crippen molar-refractivity contribution in [3.05, 3.63) is 34.9 Å². The maximum atomic E-state index is 12.2. The molecule has 0 spiro atoms. The van der Waals surface area contributed by atoms with Gasteiger partial charge in [0.15, 0.2) is 0 Å². The van der Waals surface area contributed by atoms with Crippen molar-refractivity contribution in [2.75, 3.05) is 25.5 Å². The van der Waals surface area contributed by atoms with Gasteiger partial charge in [0.1, 0.15) is 0 Å². The zero-order valence-corrected chi connectivity index (χ0v) is 13.8. The highest BCUT2D eigenvalue weighted by Gasteiger charge is 2.15. The summed E-state index contributed by atoms with van der Waals surface area (Å²) in [6.07, 6.45) is 3.36. The molecular weight excluding hydrogens is 300 g/mol. The van der Waals surface area contributed by atoms with Gasteiger partial charge in [-0.15, -0.1) is 11.3 Å². The van der Waals surface area contributed by atoms with Crippen LogP contribution in [-0.2, 0) is 0 Å². The van der Waals surface area contributed by atoms with Crippen LogP contribution in [0.25, 0.3) is 0 Å². The summed E-state index contributed by atoms with van der Waals surface area (Å²) in [7, 11) is 1.77. The summed E-state index contributed by atoms with van der Waals surface area (Å²) >= 11 is 1.60. The second kappa shape index (κ2) is 7.74. The second-order valence-electron chi connectivity index (χ2n) is 4.90. The van der Waals surface area contributed by atoms with Crippen molar-refractivity contribution >= 4 is 23.1 Å². The third-order valence-corrected chi connectivity index (χ3v) is 4.05. The minimum atomic E-state index is -0.172. The Morgan fingerprint density at radius 2 is 2.27 bits per heavy atom. The van der Waals surface area contributed by atoms with Crippen LogP contribution in [0.3, 0.4) is 0 Å². The average Bonchev–Trinajstić information content (AvgIpc) is 3.04. The van der Waals surface area contributed by atoms with Crippen LogP contribution in [0.1, 0.15) is 24.8 Å². The Bertz CT molecular complexity index is 586. The van der Waals surface area contributed by atoms with Crippen LogP contribution in [0, 0.1) is 0 Å². The first-order valence-electron chi connectivity index (χ1n) is 7.10. The van der Waals surface area contributed by atoms with Crippen LogP contribution in [0.2, 0.25) is 0 Å². The molecule has 0 aliphatic rings. The van der Waals surface area contributed by atoms with Crippen LogP contribution in [0.5, 0.6) is 5.88 Å². The lowest BCUT2D eigenvalue weighted by Crippen LogP contribution is -2.34. The Balaban J connectivity index is 1.88. The highest BCUT2D eigenvalue weighted by atomic mass is 32.1. The van der Waals surface area contributed by atoms with Crippen LogP contribution in [0.15, 0.2) is 29.9 Å². The molecule has 0 aromatic carbocycles. The third-order valence-electron chi connectivity index (χ3n) is 3.05. The molecule has 6 nitrogen and oxygen atoms in total. The fourth-order valence-electron chi connectivity index (χ4n) is 1.96. The van der Waals surface area contributed by atoms with Gasteiger partial charge in [0.25, 0.3) is 0 Å². The van der Waals surface area contributed by atoms with Crippen molar-refractivity contribution in [1.82, 2.24) is 14.9 Å². The number of ether oxygens (including phenoxy) is 1. The molecule has 22 heavy (non-hydrogen) atoms. The summed E-state index contributed by atoms with van der Waals surface area (Å²) in [6, 6.07) is 3.33. The topological polar surface area (TPSA) is 67.3 Å². The van der Waals surface area contributed by atoms with Gasteiger partial charge in [-0.2, -0.15) is 0 Å². The van der Waals surface area contributed by atoms with E-state index in [4.69, 9.17) is 4.74 Å². The van der Waals surface area contributed by atoms with Gasteiger partial charge in [-0.25, -0.2) is 14.8 Å². The zero-order valence-electron chi connectivity index (χ0n) is 12.9. The number of likely N-dealkylation sites (N-methyl/N-ethyl adjacent to an activating group) is 1. The average molecular weight is 320 g/mol. The summed E-state index contributed by atoms with van der Waals surface area (Å²) in [5, 5.41) is 5.79. The Kier molecular flexibility index (Phi) is 5.71. The first-order chi connectivity index (χ1) is 10.6. The Hall–Kier alpha value is -2.15. The van der Waals surface area contributed by atoms with E-state index in [1.165, 1.54) is 0 Å². The summed E-state index contributed by atoms with van der Waals surface area (Å²) < 4.78 is 5.27. The quantitative estimate of drug-likeness (QED) is 0.887. The summed E-state index contributed by atoms with van der Waals surface area (Å²) in [4.78, 5) is 22.2. The minimum Gasteiger partial charge on any atom is -0.478 e. The molecule has 0 bridgehead atoms. The van der Waals surface area contributed by atoms with Crippen LogP contribution >= 0.6 is 11.3 Å². The maximum absolute atomic E-state index is 12.2. The smallest absolute Gasteiger partial charge is 0.321 e. The van der Waals surface area contributed by atoms with Crippen molar-refractivity contribution in [1.29, 1.82) is 0 Å². The number of anilines is 1. The lowest BCUT2D eigenvalue weighted by molar-refractivity contribution is 0.220. The first kappa shape index (κ1) is 16.2. The number of pyridine rings is 1. The molecule has 2 aromatic rings. The molecule has 0 unspecified atom stereocenters. The Morgan fingerprint density at radius 1 is 1.45 bits per heavy atom. The van der Waals surface area contributed by atoms with E-state index in [9.17, 15) is 4.79 Å². The SMILES string of the molecule is CCOc1ccc(NC(=O)N(C)C[C@H](C)c2nccs2)cn1. The summed E-state index contributed by atoms with van der Waals surface area (Å²) in [5.74, 6) is 0.750. The van der Waals surface area contributed by atoms with Crippen LogP contribution < -0.4 is 10.1 Å². The lowest BCUT2D eigenvalue weighted by atomic mass is 10.2. The molecule has 0 saturated heterocycles. The lowest BCUT2D eigenvalue weighted by Gasteiger charge is -2.21. The number of amides is 2. The molecule has 2 aromatic heterocycles. The predicted molar refractivity (Wildman–Crippen MR) is 87.6 cm³/mol. The number of nitrogens with one attached hydrogen (secondary N) is 1. The van der Waals surface area contributed by atoms with Gasteiger partial charge in [-0.1, -0.05) is 6.92 Å². The Labute approximate surface area is 134 Å². The van der Waals surface area contributed by atoms with E-state index >= 15 is 0 Å². The van der Waals surface area contributed by atoms with E-state index in [2.05, 4.69) is 22.2 Å². The van der Waals surface area contributed by atoms with Crippen molar-refractivity contribution in [3.8, 4) is 5.88 Å². The fourth-order valence-corrected chi connectivity index (χ4v) is 2.65. The predicted octanol–water partition coefficient (Wildman–Crippen LogP) is 3.20. The number of thiazole rings is 1. The van der Waals surface area contributed by atoms with E-state index in [0.717, 1.165) is 5.01 Å². The molecular formula is C15H20N4O2S. The standard InChI is InChI=1S/C15H20N4O2S/c1-4-21-13-6-5-12(9-17-13)18-15(20)19(3)10-11(2)14-16-7-8-22-14/h5-9,11H,4,10H2,1-3H3,(H,18,20)/t11-/m0/s1. The third kappa shape index (κ3) is 4.42. The molecule has 0 saturated carbocycles. The number of hydrogen-bond donors (Lipinski definition) is 1. The van der Waals surface area contributed by atoms with Gasteiger partial charge in [0.05, 0.1) is 23.5 Å². The van der Waals surface area contributed by atoms with Crippen molar-refractivity contribution in [3.63, 3.8) is 0 Å². The van der Waals surface area contributed by atoms with Gasteiger partial charge >= 0.3 is 6.03 Å².